The molecule has 2 aliphatic carbocycles. The van der Waals surface area contributed by atoms with Crippen LogP contribution in [0.1, 0.15) is 43.9 Å². The molecule has 0 amide bonds. The van der Waals surface area contributed by atoms with Crippen LogP contribution in [-0.2, 0) is 6.42 Å². The van der Waals surface area contributed by atoms with E-state index in [4.69, 9.17) is 0 Å². The fourth-order valence-electron chi connectivity index (χ4n) is 3.99. The highest BCUT2D eigenvalue weighted by molar-refractivity contribution is 9.10. The third kappa shape index (κ3) is 3.08. The first kappa shape index (κ1) is 14.1. The molecule has 0 aliphatic heterocycles. The van der Waals surface area contributed by atoms with E-state index in [1.54, 1.807) is 0 Å². The molecule has 2 saturated carbocycles. The lowest BCUT2D eigenvalue weighted by Crippen LogP contribution is -2.34. The zero-order valence-corrected chi connectivity index (χ0v) is 14.1. The van der Waals surface area contributed by atoms with Crippen molar-refractivity contribution < 1.29 is 0 Å². The number of rotatable bonds is 6. The Morgan fingerprint density at radius 2 is 2.11 bits per heavy atom. The molecule has 0 aromatic carbocycles. The molecule has 106 valence electrons. The van der Waals surface area contributed by atoms with Gasteiger partial charge in [0.15, 0.2) is 0 Å². The van der Waals surface area contributed by atoms with Crippen LogP contribution in [-0.4, -0.2) is 12.6 Å². The summed E-state index contributed by atoms with van der Waals surface area (Å²) in [5.41, 5.74) is 0. The normalized spacial score (nSPS) is 30.9. The third-order valence-corrected chi connectivity index (χ3v) is 6.89. The zero-order valence-electron chi connectivity index (χ0n) is 11.7. The molecule has 1 nitrogen and oxygen atoms in total. The fourth-order valence-corrected chi connectivity index (χ4v) is 5.56. The Hall–Kier alpha value is 0.140. The Morgan fingerprint density at radius 3 is 2.68 bits per heavy atom. The largest absolute Gasteiger partial charge is 0.313 e. The van der Waals surface area contributed by atoms with Crippen LogP contribution in [0, 0.1) is 17.8 Å². The van der Waals surface area contributed by atoms with Gasteiger partial charge in [-0.25, -0.2) is 0 Å². The predicted molar refractivity (Wildman–Crippen MR) is 86.7 cm³/mol. The molecular weight excluding hydrogens is 318 g/mol. The summed E-state index contributed by atoms with van der Waals surface area (Å²) >= 11 is 5.59. The van der Waals surface area contributed by atoms with Crippen LogP contribution in [0.4, 0.5) is 0 Å². The topological polar surface area (TPSA) is 12.0 Å². The van der Waals surface area contributed by atoms with Crippen molar-refractivity contribution in [1.82, 2.24) is 5.32 Å². The summed E-state index contributed by atoms with van der Waals surface area (Å²) in [6, 6.07) is 2.90. The number of halogens is 1. The standard InChI is InChI=1S/C16H24BrNS/c1-2-8-18-14(10-15-13(17)7-9-19-15)16-11-5-3-4-6-12(11)16/h7,9,11-12,14,16,18H,2-6,8,10H2,1H3. The molecule has 3 rings (SSSR count). The highest BCUT2D eigenvalue weighted by atomic mass is 79.9. The van der Waals surface area contributed by atoms with E-state index in [-0.39, 0.29) is 0 Å². The molecule has 3 heteroatoms. The summed E-state index contributed by atoms with van der Waals surface area (Å²) < 4.78 is 1.31. The van der Waals surface area contributed by atoms with Gasteiger partial charge in [0.2, 0.25) is 0 Å². The smallest absolute Gasteiger partial charge is 0.0314 e. The first-order valence-electron chi connectivity index (χ1n) is 7.76. The molecule has 3 unspecified atom stereocenters. The third-order valence-electron chi connectivity index (χ3n) is 4.94. The van der Waals surface area contributed by atoms with Crippen LogP contribution < -0.4 is 5.32 Å². The van der Waals surface area contributed by atoms with Crippen molar-refractivity contribution in [3.63, 3.8) is 0 Å². The van der Waals surface area contributed by atoms with Crippen molar-refractivity contribution in [1.29, 1.82) is 0 Å². The molecule has 1 N–H and O–H groups in total. The molecule has 0 radical (unpaired) electrons. The number of hydrogen-bond donors (Lipinski definition) is 1. The van der Waals surface area contributed by atoms with Gasteiger partial charge < -0.3 is 5.32 Å². The van der Waals surface area contributed by atoms with E-state index in [9.17, 15) is 0 Å². The molecule has 0 saturated heterocycles. The first-order chi connectivity index (χ1) is 9.31. The second kappa shape index (κ2) is 6.28. The summed E-state index contributed by atoms with van der Waals surface area (Å²) in [6.07, 6.45) is 8.39. The van der Waals surface area contributed by atoms with Crippen LogP contribution >= 0.6 is 27.3 Å². The van der Waals surface area contributed by atoms with E-state index in [1.165, 1.54) is 54.4 Å². The van der Waals surface area contributed by atoms with E-state index in [0.29, 0.717) is 6.04 Å². The molecule has 0 bridgehead atoms. The second-order valence-corrected chi connectivity index (χ2v) is 8.00. The maximum absolute atomic E-state index is 3.84. The Kier molecular flexibility index (Phi) is 4.66. The summed E-state index contributed by atoms with van der Waals surface area (Å²) in [7, 11) is 0. The molecule has 3 atom stereocenters. The molecular formula is C16H24BrNS. The van der Waals surface area contributed by atoms with E-state index in [0.717, 1.165) is 17.8 Å². The van der Waals surface area contributed by atoms with Crippen LogP contribution in [0.3, 0.4) is 0 Å². The van der Waals surface area contributed by atoms with Gasteiger partial charge in [-0.15, -0.1) is 11.3 Å². The molecule has 1 aromatic rings. The minimum atomic E-state index is 0.711. The average molecular weight is 342 g/mol. The van der Waals surface area contributed by atoms with Crippen molar-refractivity contribution in [2.45, 2.75) is 51.5 Å². The van der Waals surface area contributed by atoms with Crippen LogP contribution in [0.15, 0.2) is 15.9 Å². The molecule has 1 heterocycles. The molecule has 0 spiro atoms. The van der Waals surface area contributed by atoms with Crippen LogP contribution in [0.25, 0.3) is 0 Å². The van der Waals surface area contributed by atoms with Gasteiger partial charge in [-0.3, -0.25) is 0 Å². The van der Waals surface area contributed by atoms with Crippen molar-refractivity contribution in [3.05, 3.63) is 20.8 Å². The summed E-state index contributed by atoms with van der Waals surface area (Å²) in [6.45, 7) is 3.44. The van der Waals surface area contributed by atoms with Gasteiger partial charge in [0.1, 0.15) is 0 Å². The van der Waals surface area contributed by atoms with E-state index < -0.39 is 0 Å². The van der Waals surface area contributed by atoms with Gasteiger partial charge in [0, 0.05) is 15.4 Å². The van der Waals surface area contributed by atoms with Gasteiger partial charge in [-0.2, -0.15) is 0 Å². The minimum Gasteiger partial charge on any atom is -0.313 e. The van der Waals surface area contributed by atoms with Crippen molar-refractivity contribution in [2.75, 3.05) is 6.54 Å². The lowest BCUT2D eigenvalue weighted by Gasteiger charge is -2.18. The van der Waals surface area contributed by atoms with Crippen molar-refractivity contribution in [3.8, 4) is 0 Å². The molecule has 2 aliphatic rings. The Bertz CT molecular complexity index is 405. The van der Waals surface area contributed by atoms with E-state index >= 15 is 0 Å². The van der Waals surface area contributed by atoms with Crippen LogP contribution in [0.5, 0.6) is 0 Å². The van der Waals surface area contributed by atoms with Crippen molar-refractivity contribution in [2.24, 2.45) is 17.8 Å². The maximum atomic E-state index is 3.84. The van der Waals surface area contributed by atoms with Crippen molar-refractivity contribution >= 4 is 27.3 Å². The molecule has 19 heavy (non-hydrogen) atoms. The highest BCUT2D eigenvalue weighted by Gasteiger charge is 2.53. The average Bonchev–Trinajstić information content (AvgIpc) is 3.02. The number of hydrogen-bond acceptors (Lipinski definition) is 2. The van der Waals surface area contributed by atoms with Gasteiger partial charge in [0.05, 0.1) is 0 Å². The number of nitrogens with one attached hydrogen (secondary N) is 1. The van der Waals surface area contributed by atoms with E-state index in [1.807, 2.05) is 11.3 Å². The lowest BCUT2D eigenvalue weighted by atomic mass is 10.0. The molecule has 1 aromatic heterocycles. The fraction of sp³-hybridized carbons (Fsp3) is 0.750. The quantitative estimate of drug-likeness (QED) is 0.779. The SMILES string of the molecule is CCCNC(Cc1sccc1Br)C1C2CCCCC21. The molecule has 2 fully saturated rings. The predicted octanol–water partition coefficient (Wildman–Crippen LogP) is 4.86. The number of fused-ring (bicyclic) bond motifs is 1. The van der Waals surface area contributed by atoms with Gasteiger partial charge in [0.25, 0.3) is 0 Å². The zero-order chi connectivity index (χ0) is 13.2. The summed E-state index contributed by atoms with van der Waals surface area (Å²) in [5.74, 6) is 3.05. The Morgan fingerprint density at radius 1 is 1.37 bits per heavy atom. The van der Waals surface area contributed by atoms with Gasteiger partial charge in [-0.1, -0.05) is 19.8 Å². The Labute approximate surface area is 129 Å². The monoisotopic (exact) mass is 341 g/mol. The lowest BCUT2D eigenvalue weighted by molar-refractivity contribution is 0.429. The minimum absolute atomic E-state index is 0.711. The Balaban J connectivity index is 1.66. The maximum Gasteiger partial charge on any atom is 0.0314 e. The van der Waals surface area contributed by atoms with E-state index in [2.05, 4.69) is 39.6 Å². The van der Waals surface area contributed by atoms with Gasteiger partial charge in [-0.05, 0) is 77.4 Å². The van der Waals surface area contributed by atoms with Crippen LogP contribution in [0.2, 0.25) is 0 Å². The summed E-state index contributed by atoms with van der Waals surface area (Å²) in [4.78, 5) is 1.53. The summed E-state index contributed by atoms with van der Waals surface area (Å²) in [5, 5.41) is 6.04. The highest BCUT2D eigenvalue weighted by Crippen LogP contribution is 2.57. The van der Waals surface area contributed by atoms with Gasteiger partial charge >= 0.3 is 0 Å². The number of thiophene rings is 1. The second-order valence-electron chi connectivity index (χ2n) is 6.15. The first-order valence-corrected chi connectivity index (χ1v) is 9.43.